The van der Waals surface area contributed by atoms with Crippen LogP contribution in [-0.4, -0.2) is 15.1 Å². The highest BCUT2D eigenvalue weighted by Crippen LogP contribution is 2.38. The van der Waals surface area contributed by atoms with Gasteiger partial charge in [-0.05, 0) is 12.7 Å². The molecular weight excluding hydrogens is 128 g/mol. The van der Waals surface area contributed by atoms with Crippen LogP contribution in [0.2, 0.25) is 0 Å². The lowest BCUT2D eigenvalue weighted by Crippen LogP contribution is -1.86. The molecule has 1 aliphatic carbocycles. The molecule has 0 aromatic carbocycles. The second-order valence-corrected chi connectivity index (χ2v) is 1.74. The van der Waals surface area contributed by atoms with Crippen molar-refractivity contribution in [3.05, 3.63) is 18.0 Å². The van der Waals surface area contributed by atoms with Gasteiger partial charge in [-0.2, -0.15) is 0 Å². The molecule has 0 amide bonds. The second-order valence-electron chi connectivity index (χ2n) is 1.74. The van der Waals surface area contributed by atoms with Gasteiger partial charge in [0, 0.05) is 12.7 Å². The maximum atomic E-state index is 9.04. The Labute approximate surface area is 68.6 Å². The highest BCUT2D eigenvalue weighted by atomic mass is 16.3. The molecule has 1 aromatic heterocycles. The van der Waals surface area contributed by atoms with Gasteiger partial charge in [-0.15, -0.1) is 0 Å². The molecule has 3 heteroatoms. The van der Waals surface area contributed by atoms with Crippen molar-refractivity contribution in [2.45, 2.75) is 18.6 Å². The van der Waals surface area contributed by atoms with Gasteiger partial charge >= 0.3 is 0 Å². The Kier molecular flexibility index (Phi) is 0.375. The SMILES string of the molecule is [2H]c1nc(C2([2H])C([2H])([2H])C2([2H])[2H])c([2H])nc1O. The normalized spacial score (nSPS) is 40.6. The second kappa shape index (κ2) is 1.94. The summed E-state index contributed by atoms with van der Waals surface area (Å²) in [5.41, 5.74) is -0.574. The van der Waals surface area contributed by atoms with Crippen molar-refractivity contribution in [1.29, 1.82) is 0 Å². The molecule has 1 fully saturated rings. The van der Waals surface area contributed by atoms with E-state index >= 15 is 0 Å². The van der Waals surface area contributed by atoms with Crippen LogP contribution in [0.25, 0.3) is 0 Å². The molecular formula is C7H8N2O. The van der Waals surface area contributed by atoms with E-state index in [9.17, 15) is 0 Å². The van der Waals surface area contributed by atoms with Crippen molar-refractivity contribution >= 4 is 0 Å². The summed E-state index contributed by atoms with van der Waals surface area (Å²) in [7, 11) is 0. The fourth-order valence-corrected chi connectivity index (χ4v) is 0.523. The first-order valence-electron chi connectivity index (χ1n) is 6.12. The third-order valence-electron chi connectivity index (χ3n) is 1.02. The zero-order valence-corrected chi connectivity index (χ0v) is 4.84. The van der Waals surface area contributed by atoms with Crippen LogP contribution in [0, 0.1) is 0 Å². The predicted molar refractivity (Wildman–Crippen MR) is 35.7 cm³/mol. The van der Waals surface area contributed by atoms with Gasteiger partial charge in [-0.3, -0.25) is 4.98 Å². The molecule has 10 heavy (non-hydrogen) atoms. The maximum Gasteiger partial charge on any atom is 0.229 e. The largest absolute Gasteiger partial charge is 0.492 e. The molecule has 1 N–H and O–H groups in total. The first kappa shape index (κ1) is 1.94. The van der Waals surface area contributed by atoms with Crippen LogP contribution in [0.1, 0.15) is 33.9 Å². The van der Waals surface area contributed by atoms with Gasteiger partial charge < -0.3 is 5.11 Å². The van der Waals surface area contributed by atoms with Gasteiger partial charge in [0.25, 0.3) is 0 Å². The van der Waals surface area contributed by atoms with E-state index in [1.165, 1.54) is 0 Å². The minimum atomic E-state index is -2.51. The quantitative estimate of drug-likeness (QED) is 0.639. The van der Waals surface area contributed by atoms with E-state index in [-0.39, 0.29) is 0 Å². The number of aromatic hydroxyl groups is 1. The van der Waals surface area contributed by atoms with E-state index in [1.54, 1.807) is 0 Å². The Morgan fingerprint density at radius 1 is 1.70 bits per heavy atom. The summed E-state index contributed by atoms with van der Waals surface area (Å²) < 4.78 is 51.9. The lowest BCUT2D eigenvalue weighted by Gasteiger charge is -1.93. The number of hydrogen-bond acceptors (Lipinski definition) is 3. The number of rotatable bonds is 1. The minimum Gasteiger partial charge on any atom is -0.492 e. The summed E-state index contributed by atoms with van der Waals surface area (Å²) >= 11 is 0. The van der Waals surface area contributed by atoms with Gasteiger partial charge in [0.15, 0.2) is 0 Å². The average Bonchev–Trinajstić information content (AvgIpc) is 2.51. The lowest BCUT2D eigenvalue weighted by molar-refractivity contribution is 0.449. The molecule has 0 spiro atoms. The Morgan fingerprint density at radius 2 is 2.50 bits per heavy atom. The molecule has 52 valence electrons. The summed E-state index contributed by atoms with van der Waals surface area (Å²) in [5, 5.41) is 9.04. The molecule has 1 aromatic rings. The fraction of sp³-hybridized carbons (Fsp3) is 0.429. The van der Waals surface area contributed by atoms with Gasteiger partial charge in [0.1, 0.15) is 0 Å². The van der Waals surface area contributed by atoms with E-state index < -0.39 is 42.6 Å². The summed E-state index contributed by atoms with van der Waals surface area (Å²) in [5.74, 6) is -3.17. The Balaban J connectivity index is 2.62. The van der Waals surface area contributed by atoms with Gasteiger partial charge in [0.05, 0.1) is 20.8 Å². The van der Waals surface area contributed by atoms with Crippen LogP contribution in [-0.2, 0) is 0 Å². The molecule has 2 rings (SSSR count). The standard InChI is InChI=1S/C7H8N2O/c10-7-4-8-6(3-9-7)5-1-2-5/h3-5H,1-2H2,(H,9,10)/i1D2,2D2,3D,4D,5D. The topological polar surface area (TPSA) is 46.0 Å². The van der Waals surface area contributed by atoms with Crippen molar-refractivity contribution in [2.24, 2.45) is 0 Å². The van der Waals surface area contributed by atoms with Crippen LogP contribution >= 0.6 is 0 Å². The highest BCUT2D eigenvalue weighted by molar-refractivity contribution is 5.13. The Bertz CT molecular complexity index is 489. The zero-order chi connectivity index (χ0) is 13.2. The van der Waals surface area contributed by atoms with E-state index in [2.05, 4.69) is 9.97 Å². The molecule has 0 unspecified atom stereocenters. The maximum absolute atomic E-state index is 9.04. The molecule has 1 heterocycles. The van der Waals surface area contributed by atoms with Gasteiger partial charge in [-0.1, -0.05) is 0 Å². The Morgan fingerprint density at radius 3 is 3.20 bits per heavy atom. The van der Waals surface area contributed by atoms with Crippen molar-refractivity contribution in [3.8, 4) is 5.88 Å². The molecule has 3 nitrogen and oxygen atoms in total. The van der Waals surface area contributed by atoms with Gasteiger partial charge in [0.2, 0.25) is 5.88 Å². The molecule has 0 radical (unpaired) electrons. The number of hydrogen-bond donors (Lipinski definition) is 1. The third-order valence-corrected chi connectivity index (χ3v) is 1.02. The van der Waals surface area contributed by atoms with Crippen molar-refractivity contribution in [2.75, 3.05) is 0 Å². The van der Waals surface area contributed by atoms with Crippen molar-refractivity contribution in [1.82, 2.24) is 9.97 Å². The highest BCUT2D eigenvalue weighted by Gasteiger charge is 2.24. The molecule has 0 atom stereocenters. The van der Waals surface area contributed by atoms with E-state index in [0.717, 1.165) is 0 Å². The minimum absolute atomic E-state index is 0.574. The predicted octanol–water partition coefficient (Wildman–Crippen LogP) is 1.06. The molecule has 1 aliphatic rings. The van der Waals surface area contributed by atoms with Crippen molar-refractivity contribution < 1.29 is 14.7 Å². The molecule has 0 saturated heterocycles. The van der Waals surface area contributed by atoms with Crippen LogP contribution in [0.3, 0.4) is 0 Å². The molecule has 0 bridgehead atoms. The number of aromatic nitrogens is 2. The van der Waals surface area contributed by atoms with Crippen LogP contribution in [0.15, 0.2) is 12.3 Å². The van der Waals surface area contributed by atoms with Gasteiger partial charge in [-0.25, -0.2) is 4.98 Å². The third kappa shape index (κ3) is 0.943. The van der Waals surface area contributed by atoms with E-state index in [4.69, 9.17) is 14.7 Å². The van der Waals surface area contributed by atoms with Crippen molar-refractivity contribution in [3.63, 3.8) is 0 Å². The summed E-state index contributed by atoms with van der Waals surface area (Å²) in [6.45, 7) is 0. The lowest BCUT2D eigenvalue weighted by atomic mass is 10.3. The number of nitrogens with zero attached hydrogens (tertiary/aromatic N) is 2. The van der Waals surface area contributed by atoms with Crippen LogP contribution < -0.4 is 0 Å². The van der Waals surface area contributed by atoms with E-state index in [0.29, 0.717) is 0 Å². The first-order valence-corrected chi connectivity index (χ1v) is 2.62. The fourth-order valence-electron chi connectivity index (χ4n) is 0.523. The van der Waals surface area contributed by atoms with E-state index in [1.807, 2.05) is 0 Å². The summed E-state index contributed by atoms with van der Waals surface area (Å²) in [6.07, 6.45) is -6.42. The summed E-state index contributed by atoms with van der Waals surface area (Å²) in [4.78, 5) is 6.63. The molecule has 0 aliphatic heterocycles. The van der Waals surface area contributed by atoms with Crippen LogP contribution in [0.4, 0.5) is 0 Å². The first-order chi connectivity index (χ1) is 7.57. The zero-order valence-electron chi connectivity index (χ0n) is 11.8. The Hall–Kier alpha value is -1.12. The summed E-state index contributed by atoms with van der Waals surface area (Å²) in [6, 6.07) is 0. The van der Waals surface area contributed by atoms with Crippen LogP contribution in [0.5, 0.6) is 5.88 Å². The monoisotopic (exact) mass is 143 g/mol. The smallest absolute Gasteiger partial charge is 0.229 e. The molecule has 1 saturated carbocycles. The average molecular weight is 143 g/mol.